The molecule has 20 heteroatoms. The van der Waals surface area contributed by atoms with Crippen LogP contribution in [0.3, 0.4) is 0 Å². The fourth-order valence-corrected chi connectivity index (χ4v) is 12.0. The maximum atomic E-state index is 14.5. The van der Waals surface area contributed by atoms with E-state index in [1.807, 2.05) is 50.9 Å². The van der Waals surface area contributed by atoms with Gasteiger partial charge in [0.15, 0.2) is 12.6 Å². The summed E-state index contributed by atoms with van der Waals surface area (Å²) in [4.78, 5) is 32.9. The molecule has 0 radical (unpaired) electrons. The first-order chi connectivity index (χ1) is 32.8. The SMILES string of the molecule is CC[C@H]1OC(=O)[C@H](C)[C@@H](O[C@H]2C[C@@](C)(OC)[C@@H](O)[C@H](C)O2)[C@H](C)[C@@H](O[C@@H]2O[C@H](C)C[C@H](N(C)CCc3cn(C[C@H]4CN(C5CCCC5)C(=O)O4)nn3)[C@H]2O)[C@](C)(O)C[C@@H](C)CN(C)[C@H](C)[C@@H](O)[C@]1(C)O. The third-order valence-corrected chi connectivity index (χ3v) is 16.5. The first-order valence-electron chi connectivity index (χ1n) is 25.9. The van der Waals surface area contributed by atoms with Crippen molar-refractivity contribution in [3.63, 3.8) is 0 Å². The van der Waals surface area contributed by atoms with Crippen LogP contribution in [-0.4, -0.2) is 211 Å². The molecule has 1 aromatic heterocycles. The second-order valence-electron chi connectivity index (χ2n) is 22.5. The number of carbonyl (C=O) groups is 2. The third-order valence-electron chi connectivity index (χ3n) is 16.5. The van der Waals surface area contributed by atoms with E-state index in [0.717, 1.165) is 31.4 Å². The summed E-state index contributed by atoms with van der Waals surface area (Å²) in [5.74, 6) is -2.79. The number of likely N-dealkylation sites (N-methyl/N-ethyl adjacent to an activating group) is 2. The number of carbonyl (C=O) groups excluding carboxylic acids is 2. The Labute approximate surface area is 415 Å². The minimum atomic E-state index is -1.84. The third kappa shape index (κ3) is 12.8. The molecule has 5 aliphatic rings. The van der Waals surface area contributed by atoms with Crippen LogP contribution in [0.1, 0.15) is 126 Å². The first kappa shape index (κ1) is 56.7. The summed E-state index contributed by atoms with van der Waals surface area (Å²) in [6, 6.07) is -0.758. The molecule has 6 rings (SSSR count). The number of methoxy groups -OCH3 is 1. The van der Waals surface area contributed by atoms with Crippen LogP contribution in [0.25, 0.3) is 0 Å². The highest BCUT2D eigenvalue weighted by atomic mass is 16.7. The number of aromatic nitrogens is 3. The van der Waals surface area contributed by atoms with E-state index in [4.69, 9.17) is 33.2 Å². The van der Waals surface area contributed by atoms with Crippen molar-refractivity contribution in [2.45, 2.75) is 236 Å². The number of rotatable bonds is 13. The van der Waals surface area contributed by atoms with Crippen molar-refractivity contribution >= 4 is 12.1 Å². The van der Waals surface area contributed by atoms with Gasteiger partial charge in [0.1, 0.15) is 36.1 Å². The normalized spacial score (nSPS) is 43.5. The van der Waals surface area contributed by atoms with Gasteiger partial charge < -0.3 is 73.4 Å². The number of aliphatic hydroxyl groups is 5. The largest absolute Gasteiger partial charge is 0.459 e. The van der Waals surface area contributed by atoms with Crippen LogP contribution in [0.15, 0.2) is 6.20 Å². The van der Waals surface area contributed by atoms with Crippen molar-refractivity contribution < 1.29 is 68.3 Å². The lowest BCUT2D eigenvalue weighted by Gasteiger charge is -2.49. The predicted molar refractivity (Wildman–Crippen MR) is 256 cm³/mol. The zero-order chi connectivity index (χ0) is 51.6. The zero-order valence-electron chi connectivity index (χ0n) is 44.2. The zero-order valence-corrected chi connectivity index (χ0v) is 44.2. The Kier molecular flexibility index (Phi) is 18.9. The van der Waals surface area contributed by atoms with Gasteiger partial charge in [-0.1, -0.05) is 38.8 Å². The summed E-state index contributed by atoms with van der Waals surface area (Å²) >= 11 is 0. The Balaban J connectivity index is 1.24. The molecule has 19 atom stereocenters. The summed E-state index contributed by atoms with van der Waals surface area (Å²) in [7, 11) is 5.27. The van der Waals surface area contributed by atoms with Crippen LogP contribution in [0.5, 0.6) is 0 Å². The Hall–Kier alpha value is -2.60. The van der Waals surface area contributed by atoms with E-state index in [1.54, 1.807) is 46.2 Å². The predicted octanol–water partition coefficient (Wildman–Crippen LogP) is 2.87. The molecule has 0 unspecified atom stereocenters. The first-order valence-corrected chi connectivity index (χ1v) is 25.9. The van der Waals surface area contributed by atoms with Gasteiger partial charge in [0.05, 0.1) is 60.3 Å². The van der Waals surface area contributed by atoms with Gasteiger partial charge in [0, 0.05) is 63.3 Å². The molecular weight excluding hydrogens is 909 g/mol. The summed E-state index contributed by atoms with van der Waals surface area (Å²) < 4.78 is 45.7. The molecule has 1 saturated carbocycles. The van der Waals surface area contributed by atoms with E-state index >= 15 is 0 Å². The molecule has 5 fully saturated rings. The summed E-state index contributed by atoms with van der Waals surface area (Å²) in [5.41, 5.74) is -3.78. The topological polar surface area (TPSA) is 240 Å². The Morgan fingerprint density at radius 1 is 0.929 bits per heavy atom. The molecule has 4 saturated heterocycles. The van der Waals surface area contributed by atoms with Crippen molar-refractivity contribution in [3.05, 3.63) is 11.9 Å². The molecule has 402 valence electrons. The number of amides is 1. The molecule has 5 N–H and O–H groups in total. The van der Waals surface area contributed by atoms with E-state index < -0.39 is 102 Å². The molecule has 70 heavy (non-hydrogen) atoms. The van der Waals surface area contributed by atoms with Gasteiger partial charge in [-0.15, -0.1) is 5.10 Å². The van der Waals surface area contributed by atoms with Crippen molar-refractivity contribution in [2.24, 2.45) is 17.8 Å². The van der Waals surface area contributed by atoms with Gasteiger partial charge >= 0.3 is 12.1 Å². The molecule has 1 aromatic rings. The number of ether oxygens (including phenoxy) is 7. The molecule has 1 aliphatic carbocycles. The maximum absolute atomic E-state index is 14.5. The molecule has 4 aliphatic heterocycles. The molecule has 5 heterocycles. The second-order valence-corrected chi connectivity index (χ2v) is 22.5. The average molecular weight is 997 g/mol. The number of cyclic esters (lactones) is 2. The van der Waals surface area contributed by atoms with Crippen molar-refractivity contribution in [2.75, 3.05) is 40.8 Å². The molecular formula is C50H88N6O14. The van der Waals surface area contributed by atoms with E-state index in [2.05, 4.69) is 15.2 Å². The molecule has 1 amide bonds. The van der Waals surface area contributed by atoms with Crippen molar-refractivity contribution in [1.29, 1.82) is 0 Å². The number of aliphatic hydroxyl groups excluding tert-OH is 3. The van der Waals surface area contributed by atoms with Crippen molar-refractivity contribution in [1.82, 2.24) is 29.7 Å². The Morgan fingerprint density at radius 3 is 2.27 bits per heavy atom. The highest BCUT2D eigenvalue weighted by molar-refractivity contribution is 5.73. The van der Waals surface area contributed by atoms with Gasteiger partial charge in [0.2, 0.25) is 0 Å². The number of nitrogens with zero attached hydrogens (tertiary/aromatic N) is 6. The van der Waals surface area contributed by atoms with E-state index in [-0.39, 0.29) is 49.5 Å². The minimum Gasteiger partial charge on any atom is -0.459 e. The molecule has 0 aromatic carbocycles. The number of esters is 1. The quantitative estimate of drug-likeness (QED) is 0.179. The van der Waals surface area contributed by atoms with E-state index in [9.17, 15) is 35.1 Å². The van der Waals surface area contributed by atoms with Gasteiger partial charge in [-0.25, -0.2) is 9.48 Å². The van der Waals surface area contributed by atoms with Gasteiger partial charge in [-0.2, -0.15) is 0 Å². The number of hydrogen-bond acceptors (Lipinski definition) is 18. The van der Waals surface area contributed by atoms with Crippen LogP contribution < -0.4 is 0 Å². The number of hydrogen-bond donors (Lipinski definition) is 5. The average Bonchev–Trinajstić information content (AvgIpc) is 4.08. The van der Waals surface area contributed by atoms with Gasteiger partial charge in [-0.3, -0.25) is 4.79 Å². The van der Waals surface area contributed by atoms with Gasteiger partial charge in [0.25, 0.3) is 0 Å². The fourth-order valence-electron chi connectivity index (χ4n) is 12.0. The van der Waals surface area contributed by atoms with Crippen LogP contribution in [0.4, 0.5) is 4.79 Å². The van der Waals surface area contributed by atoms with Crippen LogP contribution in [-0.2, 0) is 50.9 Å². The lowest BCUT2D eigenvalue weighted by molar-refractivity contribution is -0.318. The summed E-state index contributed by atoms with van der Waals surface area (Å²) in [5, 5.41) is 68.4. The lowest BCUT2D eigenvalue weighted by atomic mass is 9.77. The smallest absolute Gasteiger partial charge is 0.410 e. The molecule has 0 spiro atoms. The molecule has 0 bridgehead atoms. The van der Waals surface area contributed by atoms with Crippen LogP contribution in [0, 0.1) is 17.8 Å². The van der Waals surface area contributed by atoms with Crippen molar-refractivity contribution in [3.8, 4) is 0 Å². The van der Waals surface area contributed by atoms with Crippen LogP contribution in [0.2, 0.25) is 0 Å². The maximum Gasteiger partial charge on any atom is 0.410 e. The highest BCUT2D eigenvalue weighted by Crippen LogP contribution is 2.40. The molecule has 20 nitrogen and oxygen atoms in total. The highest BCUT2D eigenvalue weighted by Gasteiger charge is 2.53. The minimum absolute atomic E-state index is 0.100. The van der Waals surface area contributed by atoms with Gasteiger partial charge in [-0.05, 0) is 101 Å². The van der Waals surface area contributed by atoms with E-state index in [1.165, 1.54) is 14.0 Å². The summed E-state index contributed by atoms with van der Waals surface area (Å²) in [6.45, 7) is 19.4. The second kappa shape index (κ2) is 23.3. The van der Waals surface area contributed by atoms with Crippen LogP contribution >= 0.6 is 0 Å². The monoisotopic (exact) mass is 997 g/mol. The lowest BCUT2D eigenvalue weighted by Crippen LogP contribution is -2.61. The standard InChI is InChI=1S/C50H88N6O14/c1-14-38-50(10,63)42(58)32(6)54(12)24-28(2)22-48(8,62)44(30(4)41(31(5)45(60)68-38)69-39-23-49(9,64-13)43(59)33(7)66-39)70-46-40(57)37(21-29(3)65-46)53(11)20-19-34-25-55(52-51-34)26-36-27-56(47(61)67-36)35-17-15-16-18-35/h25,28-33,35-44,46,57-59,62-63H,14-24,26-27H2,1-13H3/t28-,29-,30+,31-,32-,33+,36+,37+,38-,39+,40-,41+,42-,43+,44-,46+,48-,49-,50-/m1/s1. The van der Waals surface area contributed by atoms with E-state index in [0.29, 0.717) is 39.0 Å². The Morgan fingerprint density at radius 2 is 1.61 bits per heavy atom. The summed E-state index contributed by atoms with van der Waals surface area (Å²) in [6.07, 6.45) is -2.98. The fraction of sp³-hybridized carbons (Fsp3) is 0.920. The Bertz CT molecular complexity index is 1850.